The van der Waals surface area contributed by atoms with Crippen molar-refractivity contribution in [3.05, 3.63) is 48.5 Å². The van der Waals surface area contributed by atoms with Crippen molar-refractivity contribution in [3.63, 3.8) is 0 Å². The van der Waals surface area contributed by atoms with Crippen LogP contribution in [-0.2, 0) is 26.6 Å². The quantitative estimate of drug-likeness (QED) is 0.0604. The van der Waals surface area contributed by atoms with Gasteiger partial charge in [0.25, 0.3) is 0 Å². The second-order valence-corrected chi connectivity index (χ2v) is 18.6. The molecule has 0 aliphatic carbocycles. The van der Waals surface area contributed by atoms with E-state index in [-0.39, 0.29) is 36.6 Å². The van der Waals surface area contributed by atoms with Crippen LogP contribution >= 0.6 is 0 Å². The summed E-state index contributed by atoms with van der Waals surface area (Å²) >= 11 is 0. The van der Waals surface area contributed by atoms with Crippen molar-refractivity contribution in [2.75, 3.05) is 13.2 Å². The summed E-state index contributed by atoms with van der Waals surface area (Å²) in [5.74, 6) is 1.54. The second-order valence-electron chi connectivity index (χ2n) is 13.5. The third-order valence-electron chi connectivity index (χ3n) is 6.24. The Morgan fingerprint density at radius 1 is 0.417 bits per heavy atom. The van der Waals surface area contributed by atoms with Gasteiger partial charge in [0.2, 0.25) is 0 Å². The van der Waals surface area contributed by atoms with Crippen molar-refractivity contribution < 1.29 is 36.0 Å². The molecule has 0 bridgehead atoms. The lowest BCUT2D eigenvalue weighted by atomic mass is 10.3. The standard InChI is InChI=1S/C36H62N2O8Si2/c1-27(2)41-47(42-28(3)4,43-29(5)6)25-13-23-39-35-19-15-33(16-20-35)37-38-34-17-21-36(22-18-34)40-24-14-26-48(44-30(7)8,45-31(9)10)46-32(11)12/h15-22,27-32H,13-14,23-26H2,1-12H3. The highest BCUT2D eigenvalue weighted by molar-refractivity contribution is 6.61. The zero-order chi connectivity index (χ0) is 35.7. The average molecular weight is 707 g/mol. The molecule has 48 heavy (non-hydrogen) atoms. The molecule has 0 aromatic heterocycles. The lowest BCUT2D eigenvalue weighted by molar-refractivity contribution is 0.00115. The van der Waals surface area contributed by atoms with Gasteiger partial charge in [-0.2, -0.15) is 10.2 Å². The van der Waals surface area contributed by atoms with E-state index in [1.165, 1.54) is 0 Å². The van der Waals surface area contributed by atoms with Gasteiger partial charge in [0.05, 0.1) is 24.6 Å². The zero-order valence-corrected chi connectivity index (χ0v) is 33.5. The van der Waals surface area contributed by atoms with Crippen LogP contribution in [0.15, 0.2) is 58.8 Å². The maximum absolute atomic E-state index is 6.26. The minimum Gasteiger partial charge on any atom is -0.494 e. The third kappa shape index (κ3) is 17.0. The molecule has 10 nitrogen and oxygen atoms in total. The lowest BCUT2D eigenvalue weighted by Crippen LogP contribution is -2.50. The summed E-state index contributed by atoms with van der Waals surface area (Å²) < 4.78 is 49.6. The molecule has 0 unspecified atom stereocenters. The Hall–Kier alpha value is -2.17. The highest BCUT2D eigenvalue weighted by Crippen LogP contribution is 2.27. The Morgan fingerprint density at radius 3 is 0.896 bits per heavy atom. The summed E-state index contributed by atoms with van der Waals surface area (Å²) in [6, 6.07) is 16.5. The Bertz CT molecular complexity index is 1030. The van der Waals surface area contributed by atoms with Gasteiger partial charge in [-0.3, -0.25) is 0 Å². The first-order valence-electron chi connectivity index (χ1n) is 17.5. The molecule has 2 aromatic carbocycles. The number of nitrogens with zero attached hydrogens (tertiary/aromatic N) is 2. The van der Waals surface area contributed by atoms with E-state index in [1.54, 1.807) is 0 Å². The van der Waals surface area contributed by atoms with Crippen molar-refractivity contribution in [1.82, 2.24) is 0 Å². The van der Waals surface area contributed by atoms with E-state index in [0.717, 1.165) is 35.7 Å². The Morgan fingerprint density at radius 2 is 0.667 bits per heavy atom. The van der Waals surface area contributed by atoms with Crippen LogP contribution < -0.4 is 9.47 Å². The Labute approximate surface area is 292 Å². The second kappa shape index (κ2) is 21.1. The first-order valence-corrected chi connectivity index (χ1v) is 21.4. The largest absolute Gasteiger partial charge is 0.501 e. The van der Waals surface area contributed by atoms with Crippen molar-refractivity contribution in [3.8, 4) is 11.5 Å². The number of ether oxygens (including phenoxy) is 2. The maximum Gasteiger partial charge on any atom is 0.501 e. The molecule has 0 amide bonds. The number of hydrogen-bond donors (Lipinski definition) is 0. The average Bonchev–Trinajstić information content (AvgIpc) is 2.95. The minimum absolute atomic E-state index is 0.0200. The summed E-state index contributed by atoms with van der Waals surface area (Å²) in [4.78, 5) is 0. The molecular weight excluding hydrogens is 645 g/mol. The third-order valence-corrected chi connectivity index (χ3v) is 13.2. The number of rotatable bonds is 24. The lowest BCUT2D eigenvalue weighted by Gasteiger charge is -2.34. The summed E-state index contributed by atoms with van der Waals surface area (Å²) in [6.07, 6.45) is 1.64. The number of benzene rings is 2. The van der Waals surface area contributed by atoms with Gasteiger partial charge in [-0.1, -0.05) is 0 Å². The molecule has 2 aromatic rings. The molecule has 0 fully saturated rings. The zero-order valence-electron chi connectivity index (χ0n) is 31.5. The highest BCUT2D eigenvalue weighted by atomic mass is 28.4. The van der Waals surface area contributed by atoms with Crippen LogP contribution in [0.5, 0.6) is 11.5 Å². The van der Waals surface area contributed by atoms with Gasteiger partial charge >= 0.3 is 17.6 Å². The van der Waals surface area contributed by atoms with Crippen LogP contribution in [0.4, 0.5) is 11.4 Å². The van der Waals surface area contributed by atoms with E-state index in [4.69, 9.17) is 36.0 Å². The first kappa shape index (κ1) is 42.0. The molecule has 12 heteroatoms. The summed E-state index contributed by atoms with van der Waals surface area (Å²) in [5.41, 5.74) is 1.47. The van der Waals surface area contributed by atoms with Crippen molar-refractivity contribution in [1.29, 1.82) is 0 Å². The molecule has 2 rings (SSSR count). The van der Waals surface area contributed by atoms with Gasteiger partial charge in [-0.15, -0.1) is 0 Å². The smallest absolute Gasteiger partial charge is 0.494 e. The molecule has 0 heterocycles. The molecule has 0 N–H and O–H groups in total. The maximum atomic E-state index is 6.26. The Balaban J connectivity index is 1.86. The molecular formula is C36H62N2O8Si2. The summed E-state index contributed by atoms with van der Waals surface area (Å²) in [7, 11) is -5.67. The fourth-order valence-electron chi connectivity index (χ4n) is 4.97. The number of hydrogen-bond acceptors (Lipinski definition) is 10. The molecule has 272 valence electrons. The van der Waals surface area contributed by atoms with Crippen LogP contribution in [0.1, 0.15) is 95.9 Å². The van der Waals surface area contributed by atoms with Gasteiger partial charge in [0, 0.05) is 48.7 Å². The van der Waals surface area contributed by atoms with Gasteiger partial charge in [0.1, 0.15) is 11.5 Å². The predicted octanol–water partition coefficient (Wildman–Crippen LogP) is 10.1. The van der Waals surface area contributed by atoms with Gasteiger partial charge in [-0.05, 0) is 144 Å². The van der Waals surface area contributed by atoms with E-state index < -0.39 is 17.6 Å². The fourth-order valence-corrected chi connectivity index (χ4v) is 11.5. The molecule has 0 spiro atoms. The summed E-state index contributed by atoms with van der Waals surface area (Å²) in [6.45, 7) is 25.2. The van der Waals surface area contributed by atoms with Crippen LogP contribution in [0.3, 0.4) is 0 Å². The molecule has 0 aliphatic rings. The van der Waals surface area contributed by atoms with E-state index in [2.05, 4.69) is 10.2 Å². The van der Waals surface area contributed by atoms with Crippen LogP contribution in [-0.4, -0.2) is 67.4 Å². The van der Waals surface area contributed by atoms with E-state index in [1.807, 2.05) is 132 Å². The molecule has 0 aliphatic heterocycles. The van der Waals surface area contributed by atoms with Crippen molar-refractivity contribution in [2.24, 2.45) is 10.2 Å². The van der Waals surface area contributed by atoms with Crippen molar-refractivity contribution >= 4 is 29.0 Å². The van der Waals surface area contributed by atoms with Crippen molar-refractivity contribution in [2.45, 2.75) is 145 Å². The fraction of sp³-hybridized carbons (Fsp3) is 0.667. The van der Waals surface area contributed by atoms with E-state index in [9.17, 15) is 0 Å². The van der Waals surface area contributed by atoms with Gasteiger partial charge in [0.15, 0.2) is 0 Å². The normalized spacial score (nSPS) is 13.0. The molecule has 0 radical (unpaired) electrons. The van der Waals surface area contributed by atoms with E-state index in [0.29, 0.717) is 25.3 Å². The summed E-state index contributed by atoms with van der Waals surface area (Å²) in [5, 5.41) is 8.76. The minimum atomic E-state index is -2.84. The Kier molecular flexibility index (Phi) is 18.5. The van der Waals surface area contributed by atoms with Crippen LogP contribution in [0.25, 0.3) is 0 Å². The van der Waals surface area contributed by atoms with Gasteiger partial charge < -0.3 is 36.0 Å². The van der Waals surface area contributed by atoms with Crippen LogP contribution in [0, 0.1) is 0 Å². The topological polar surface area (TPSA) is 98.6 Å². The molecule has 0 saturated carbocycles. The molecule has 0 saturated heterocycles. The molecule has 0 atom stereocenters. The van der Waals surface area contributed by atoms with Gasteiger partial charge in [-0.25, -0.2) is 0 Å². The SMILES string of the molecule is CC(C)O[Si](CCCOc1ccc(N=Nc2ccc(OCCC[Si](OC(C)C)(OC(C)C)OC(C)C)cc2)cc1)(OC(C)C)OC(C)C. The predicted molar refractivity (Wildman–Crippen MR) is 196 cm³/mol. The monoisotopic (exact) mass is 706 g/mol. The first-order chi connectivity index (χ1) is 22.6. The van der Waals surface area contributed by atoms with Crippen LogP contribution in [0.2, 0.25) is 12.1 Å². The number of azo groups is 1. The highest BCUT2D eigenvalue weighted by Gasteiger charge is 2.44. The van der Waals surface area contributed by atoms with E-state index >= 15 is 0 Å².